The van der Waals surface area contributed by atoms with Crippen molar-refractivity contribution in [2.24, 2.45) is 0 Å². The lowest BCUT2D eigenvalue weighted by Crippen LogP contribution is -2.25. The number of hydrogen-bond donors (Lipinski definition) is 1. The Kier molecular flexibility index (Phi) is 5.96. The molecule has 2 nitrogen and oxygen atoms in total. The third-order valence-electron chi connectivity index (χ3n) is 3.95. The minimum Gasteiger partial charge on any atom is -0.325 e. The van der Waals surface area contributed by atoms with Crippen LogP contribution in [0.4, 0.5) is 5.69 Å². The first-order chi connectivity index (χ1) is 9.69. The molecule has 110 valence electrons. The smallest absolute Gasteiger partial charge is 0.237 e. The number of benzene rings is 1. The highest BCUT2D eigenvalue weighted by Gasteiger charge is 2.21. The van der Waals surface area contributed by atoms with Crippen molar-refractivity contribution < 1.29 is 4.79 Å². The summed E-state index contributed by atoms with van der Waals surface area (Å²) in [6.45, 7) is 4.16. The molecule has 1 aromatic carbocycles. The molecule has 0 aromatic heterocycles. The SMILES string of the molecule is CCc1ccc(NC(=O)C(C)SC2CCCCC2)cc1. The van der Waals surface area contributed by atoms with E-state index in [9.17, 15) is 4.79 Å². The van der Waals surface area contributed by atoms with E-state index in [1.807, 2.05) is 30.8 Å². The molecule has 20 heavy (non-hydrogen) atoms. The second-order valence-corrected chi connectivity index (χ2v) is 7.22. The van der Waals surface area contributed by atoms with Gasteiger partial charge in [-0.3, -0.25) is 4.79 Å². The lowest BCUT2D eigenvalue weighted by molar-refractivity contribution is -0.115. The molecule has 0 aliphatic heterocycles. The monoisotopic (exact) mass is 291 g/mol. The number of anilines is 1. The highest BCUT2D eigenvalue weighted by molar-refractivity contribution is 8.01. The van der Waals surface area contributed by atoms with Crippen LogP contribution in [0.2, 0.25) is 0 Å². The standard InChI is InChI=1S/C17H25NOS/c1-3-14-9-11-15(12-10-14)18-17(19)13(2)20-16-7-5-4-6-8-16/h9-13,16H,3-8H2,1-2H3,(H,18,19). The Labute approximate surface area is 126 Å². The topological polar surface area (TPSA) is 29.1 Å². The van der Waals surface area contributed by atoms with Crippen LogP contribution in [0, 0.1) is 0 Å². The predicted octanol–water partition coefficient (Wildman–Crippen LogP) is 4.64. The van der Waals surface area contributed by atoms with E-state index in [0.717, 1.165) is 12.1 Å². The van der Waals surface area contributed by atoms with Crippen molar-refractivity contribution in [3.8, 4) is 0 Å². The van der Waals surface area contributed by atoms with Gasteiger partial charge in [0.15, 0.2) is 0 Å². The van der Waals surface area contributed by atoms with Crippen LogP contribution in [0.1, 0.15) is 51.5 Å². The minimum atomic E-state index is 0.0314. The fourth-order valence-corrected chi connectivity index (χ4v) is 3.98. The minimum absolute atomic E-state index is 0.0314. The third-order valence-corrected chi connectivity index (χ3v) is 5.43. The Morgan fingerprint density at radius 2 is 1.90 bits per heavy atom. The molecule has 1 saturated carbocycles. The number of nitrogens with one attached hydrogen (secondary N) is 1. The highest BCUT2D eigenvalue weighted by Crippen LogP contribution is 2.31. The van der Waals surface area contributed by atoms with Crippen LogP contribution < -0.4 is 5.32 Å². The lowest BCUT2D eigenvalue weighted by Gasteiger charge is -2.23. The third kappa shape index (κ3) is 4.55. The fourth-order valence-electron chi connectivity index (χ4n) is 2.62. The molecule has 1 aromatic rings. The first-order valence-electron chi connectivity index (χ1n) is 7.74. The van der Waals surface area contributed by atoms with Gasteiger partial charge in [0.1, 0.15) is 0 Å². The van der Waals surface area contributed by atoms with E-state index in [1.54, 1.807) is 0 Å². The predicted molar refractivity (Wildman–Crippen MR) is 88.4 cm³/mol. The molecule has 2 rings (SSSR count). The molecule has 0 heterocycles. The average molecular weight is 291 g/mol. The Balaban J connectivity index is 1.83. The molecular formula is C17H25NOS. The van der Waals surface area contributed by atoms with E-state index in [4.69, 9.17) is 0 Å². The number of aryl methyl sites for hydroxylation is 1. The summed E-state index contributed by atoms with van der Waals surface area (Å²) >= 11 is 1.84. The summed E-state index contributed by atoms with van der Waals surface area (Å²) in [5.74, 6) is 0.129. The van der Waals surface area contributed by atoms with E-state index in [1.165, 1.54) is 37.7 Å². The molecule has 0 radical (unpaired) electrons. The number of rotatable bonds is 5. The number of thioether (sulfide) groups is 1. The Morgan fingerprint density at radius 3 is 2.50 bits per heavy atom. The lowest BCUT2D eigenvalue weighted by atomic mass is 10.0. The summed E-state index contributed by atoms with van der Waals surface area (Å²) in [6, 6.07) is 8.15. The van der Waals surface area contributed by atoms with Gasteiger partial charge in [0.05, 0.1) is 5.25 Å². The Hall–Kier alpha value is -0.960. The van der Waals surface area contributed by atoms with Crippen molar-refractivity contribution in [2.45, 2.75) is 62.9 Å². The Morgan fingerprint density at radius 1 is 1.25 bits per heavy atom. The van der Waals surface area contributed by atoms with Gasteiger partial charge in [0.25, 0.3) is 0 Å². The van der Waals surface area contributed by atoms with Gasteiger partial charge in [-0.1, -0.05) is 38.3 Å². The van der Waals surface area contributed by atoms with Crippen molar-refractivity contribution in [3.63, 3.8) is 0 Å². The summed E-state index contributed by atoms with van der Waals surface area (Å²) in [5, 5.41) is 3.73. The van der Waals surface area contributed by atoms with E-state index in [-0.39, 0.29) is 11.2 Å². The van der Waals surface area contributed by atoms with E-state index < -0.39 is 0 Å². The van der Waals surface area contributed by atoms with Gasteiger partial charge in [0, 0.05) is 10.9 Å². The maximum absolute atomic E-state index is 12.2. The van der Waals surface area contributed by atoms with Crippen molar-refractivity contribution >= 4 is 23.4 Å². The zero-order valence-corrected chi connectivity index (χ0v) is 13.3. The number of carbonyl (C=O) groups is 1. The van der Waals surface area contributed by atoms with Crippen LogP contribution in [0.25, 0.3) is 0 Å². The second kappa shape index (κ2) is 7.72. The normalized spacial score (nSPS) is 17.7. The van der Waals surface area contributed by atoms with Crippen LogP contribution in [-0.2, 0) is 11.2 Å². The number of amides is 1. The van der Waals surface area contributed by atoms with E-state index >= 15 is 0 Å². The fraction of sp³-hybridized carbons (Fsp3) is 0.588. The van der Waals surface area contributed by atoms with Gasteiger partial charge in [0.2, 0.25) is 5.91 Å². The van der Waals surface area contributed by atoms with Crippen molar-refractivity contribution in [1.82, 2.24) is 0 Å². The molecule has 1 amide bonds. The summed E-state index contributed by atoms with van der Waals surface area (Å²) in [4.78, 5) is 12.2. The van der Waals surface area contributed by atoms with Crippen molar-refractivity contribution in [3.05, 3.63) is 29.8 Å². The first-order valence-corrected chi connectivity index (χ1v) is 8.68. The zero-order chi connectivity index (χ0) is 14.4. The second-order valence-electron chi connectivity index (χ2n) is 5.58. The molecule has 1 aliphatic carbocycles. The molecule has 0 spiro atoms. The molecule has 1 aliphatic rings. The zero-order valence-electron chi connectivity index (χ0n) is 12.5. The van der Waals surface area contributed by atoms with E-state index in [0.29, 0.717) is 5.25 Å². The quantitative estimate of drug-likeness (QED) is 0.856. The van der Waals surface area contributed by atoms with Crippen LogP contribution in [-0.4, -0.2) is 16.4 Å². The Bertz CT molecular complexity index is 423. The van der Waals surface area contributed by atoms with Gasteiger partial charge in [-0.25, -0.2) is 0 Å². The summed E-state index contributed by atoms with van der Waals surface area (Å²) < 4.78 is 0. The molecule has 1 N–H and O–H groups in total. The van der Waals surface area contributed by atoms with Crippen LogP contribution in [0.5, 0.6) is 0 Å². The summed E-state index contributed by atoms with van der Waals surface area (Å²) in [7, 11) is 0. The molecule has 3 heteroatoms. The summed E-state index contributed by atoms with van der Waals surface area (Å²) in [5.41, 5.74) is 2.20. The van der Waals surface area contributed by atoms with Gasteiger partial charge in [-0.05, 0) is 43.9 Å². The first kappa shape index (κ1) is 15.4. The number of carbonyl (C=O) groups excluding carboxylic acids is 1. The van der Waals surface area contributed by atoms with Crippen LogP contribution in [0.15, 0.2) is 24.3 Å². The molecule has 1 fully saturated rings. The van der Waals surface area contributed by atoms with Crippen molar-refractivity contribution in [2.75, 3.05) is 5.32 Å². The largest absolute Gasteiger partial charge is 0.325 e. The van der Waals surface area contributed by atoms with Gasteiger partial charge in [-0.2, -0.15) is 0 Å². The number of hydrogen-bond acceptors (Lipinski definition) is 2. The molecular weight excluding hydrogens is 266 g/mol. The summed E-state index contributed by atoms with van der Waals surface area (Å²) in [6.07, 6.45) is 7.58. The molecule has 1 atom stereocenters. The van der Waals surface area contributed by atoms with Gasteiger partial charge < -0.3 is 5.32 Å². The van der Waals surface area contributed by atoms with E-state index in [2.05, 4.69) is 24.4 Å². The van der Waals surface area contributed by atoms with Crippen LogP contribution in [0.3, 0.4) is 0 Å². The van der Waals surface area contributed by atoms with Crippen molar-refractivity contribution in [1.29, 1.82) is 0 Å². The van der Waals surface area contributed by atoms with Gasteiger partial charge >= 0.3 is 0 Å². The molecule has 0 bridgehead atoms. The van der Waals surface area contributed by atoms with Gasteiger partial charge in [-0.15, -0.1) is 11.8 Å². The molecule has 1 unspecified atom stereocenters. The molecule has 0 saturated heterocycles. The maximum atomic E-state index is 12.2. The maximum Gasteiger partial charge on any atom is 0.237 e. The average Bonchev–Trinajstić information content (AvgIpc) is 2.49. The van der Waals surface area contributed by atoms with Crippen LogP contribution >= 0.6 is 11.8 Å². The highest BCUT2D eigenvalue weighted by atomic mass is 32.2.